The fourth-order valence-corrected chi connectivity index (χ4v) is 4.40. The minimum Gasteiger partial charge on any atom is -0.390 e. The molecule has 0 saturated carbocycles. The van der Waals surface area contributed by atoms with Crippen LogP contribution in [0.1, 0.15) is 18.5 Å². The number of aliphatic hydroxyl groups excluding tert-OH is 1. The first-order valence-electron chi connectivity index (χ1n) is 6.61. The number of thioether (sulfide) groups is 1. The van der Waals surface area contributed by atoms with Crippen molar-refractivity contribution in [3.05, 3.63) is 11.9 Å². The first kappa shape index (κ1) is 15.8. The lowest BCUT2D eigenvalue weighted by Gasteiger charge is -2.30. The molecular formula is C12H21N3O3S2. The number of sulfonamides is 1. The Balaban J connectivity index is 1.92. The number of aromatic nitrogens is 2. The van der Waals surface area contributed by atoms with Crippen LogP contribution < -0.4 is 0 Å². The van der Waals surface area contributed by atoms with Crippen LogP contribution in [0.2, 0.25) is 0 Å². The van der Waals surface area contributed by atoms with Crippen LogP contribution in [0.25, 0.3) is 0 Å². The molecule has 1 aromatic heterocycles. The molecule has 1 unspecified atom stereocenters. The Hall–Kier alpha value is -0.570. The maximum atomic E-state index is 11.6. The number of nitrogens with zero attached hydrogens (tertiary/aromatic N) is 3. The molecule has 0 aliphatic carbocycles. The van der Waals surface area contributed by atoms with Crippen molar-refractivity contribution in [2.75, 3.05) is 25.1 Å². The molecule has 20 heavy (non-hydrogen) atoms. The summed E-state index contributed by atoms with van der Waals surface area (Å²) in [4.78, 5) is 4.27. The number of hydrogen-bond donors (Lipinski definition) is 1. The Morgan fingerprint density at radius 2 is 2.30 bits per heavy atom. The lowest BCUT2D eigenvalue weighted by molar-refractivity contribution is 0.271. The van der Waals surface area contributed by atoms with Gasteiger partial charge in [0.2, 0.25) is 10.0 Å². The Kier molecular flexibility index (Phi) is 5.11. The zero-order valence-electron chi connectivity index (χ0n) is 11.8. The van der Waals surface area contributed by atoms with E-state index in [4.69, 9.17) is 5.11 Å². The smallest absolute Gasteiger partial charge is 0.211 e. The Labute approximate surface area is 124 Å². The average Bonchev–Trinajstić information content (AvgIpc) is 2.76. The Morgan fingerprint density at radius 3 is 2.90 bits per heavy atom. The summed E-state index contributed by atoms with van der Waals surface area (Å²) in [6, 6.07) is 0. The van der Waals surface area contributed by atoms with Crippen molar-refractivity contribution in [3.8, 4) is 0 Å². The molecule has 0 bridgehead atoms. The van der Waals surface area contributed by atoms with Crippen LogP contribution in [-0.4, -0.2) is 52.5 Å². The highest BCUT2D eigenvalue weighted by Crippen LogP contribution is 2.26. The van der Waals surface area contributed by atoms with Gasteiger partial charge in [0.25, 0.3) is 0 Å². The lowest BCUT2D eigenvalue weighted by Crippen LogP contribution is -2.39. The molecule has 114 valence electrons. The molecule has 1 N–H and O–H groups in total. The van der Waals surface area contributed by atoms with Gasteiger partial charge in [0, 0.05) is 25.9 Å². The minimum absolute atomic E-state index is 0.0185. The molecule has 0 radical (unpaired) electrons. The Bertz CT molecular complexity index is 556. The van der Waals surface area contributed by atoms with Crippen molar-refractivity contribution in [2.24, 2.45) is 13.0 Å². The summed E-state index contributed by atoms with van der Waals surface area (Å²) in [6.07, 6.45) is 4.91. The second-order valence-corrected chi connectivity index (χ2v) is 8.16. The van der Waals surface area contributed by atoms with E-state index in [0.717, 1.165) is 29.4 Å². The predicted octanol–water partition coefficient (Wildman–Crippen LogP) is 0.676. The van der Waals surface area contributed by atoms with Gasteiger partial charge in [0.15, 0.2) is 5.16 Å². The molecule has 1 aliphatic rings. The van der Waals surface area contributed by atoms with Crippen molar-refractivity contribution >= 4 is 21.8 Å². The summed E-state index contributed by atoms with van der Waals surface area (Å²) in [6.45, 7) is 1.22. The predicted molar refractivity (Wildman–Crippen MR) is 79.0 cm³/mol. The zero-order chi connectivity index (χ0) is 14.8. The molecule has 2 heterocycles. The van der Waals surface area contributed by atoms with Gasteiger partial charge in [0.05, 0.1) is 24.8 Å². The second kappa shape index (κ2) is 6.46. The first-order valence-corrected chi connectivity index (χ1v) is 9.44. The van der Waals surface area contributed by atoms with E-state index in [0.29, 0.717) is 19.0 Å². The highest BCUT2D eigenvalue weighted by molar-refractivity contribution is 7.99. The van der Waals surface area contributed by atoms with Crippen LogP contribution >= 0.6 is 11.8 Å². The first-order chi connectivity index (χ1) is 9.41. The zero-order valence-corrected chi connectivity index (χ0v) is 13.5. The number of imidazole rings is 1. The lowest BCUT2D eigenvalue weighted by atomic mass is 10.0. The average molecular weight is 319 g/mol. The van der Waals surface area contributed by atoms with Crippen LogP contribution in [0, 0.1) is 5.92 Å². The van der Waals surface area contributed by atoms with Crippen molar-refractivity contribution in [3.63, 3.8) is 0 Å². The third-order valence-electron chi connectivity index (χ3n) is 3.60. The molecule has 0 amide bonds. The topological polar surface area (TPSA) is 75.4 Å². The third kappa shape index (κ3) is 3.75. The van der Waals surface area contributed by atoms with E-state index in [1.54, 1.807) is 22.3 Å². The Morgan fingerprint density at radius 1 is 1.55 bits per heavy atom. The minimum atomic E-state index is -3.08. The van der Waals surface area contributed by atoms with Gasteiger partial charge in [-0.05, 0) is 18.8 Å². The standard InChI is InChI=1S/C12H21N3O3S2/c1-14-11(8-16)6-13-12(14)19-9-10-4-3-5-15(7-10)20(2,17)18/h6,10,16H,3-5,7-9H2,1-2H3. The number of aliphatic hydroxyl groups is 1. The SMILES string of the molecule is Cn1c(CO)cnc1SCC1CCCN(S(C)(=O)=O)C1. The number of piperidine rings is 1. The molecule has 0 spiro atoms. The molecule has 1 fully saturated rings. The van der Waals surface area contributed by atoms with Crippen LogP contribution in [0.15, 0.2) is 11.4 Å². The normalized spacial score (nSPS) is 21.2. The summed E-state index contributed by atoms with van der Waals surface area (Å²) in [5.41, 5.74) is 0.786. The molecule has 1 atom stereocenters. The molecule has 1 saturated heterocycles. The van der Waals surface area contributed by atoms with Gasteiger partial charge in [-0.15, -0.1) is 0 Å². The van der Waals surface area contributed by atoms with E-state index in [1.807, 2.05) is 11.6 Å². The third-order valence-corrected chi connectivity index (χ3v) is 6.15. The monoisotopic (exact) mass is 319 g/mol. The molecule has 1 aromatic rings. The molecule has 6 nitrogen and oxygen atoms in total. The fraction of sp³-hybridized carbons (Fsp3) is 0.750. The maximum Gasteiger partial charge on any atom is 0.211 e. The molecule has 8 heteroatoms. The summed E-state index contributed by atoms with van der Waals surface area (Å²) in [5, 5.41) is 10.00. The summed E-state index contributed by atoms with van der Waals surface area (Å²) in [7, 11) is -1.20. The maximum absolute atomic E-state index is 11.6. The van der Waals surface area contributed by atoms with Gasteiger partial charge >= 0.3 is 0 Å². The van der Waals surface area contributed by atoms with Gasteiger partial charge in [-0.1, -0.05) is 11.8 Å². The van der Waals surface area contributed by atoms with Crippen LogP contribution in [0.3, 0.4) is 0 Å². The van der Waals surface area contributed by atoms with Crippen LogP contribution in [0.5, 0.6) is 0 Å². The summed E-state index contributed by atoms with van der Waals surface area (Å²) >= 11 is 1.62. The van der Waals surface area contributed by atoms with Gasteiger partial charge in [-0.2, -0.15) is 0 Å². The fourth-order valence-electron chi connectivity index (χ4n) is 2.36. The van der Waals surface area contributed by atoms with Crippen molar-refractivity contribution in [1.82, 2.24) is 13.9 Å². The van der Waals surface area contributed by atoms with Gasteiger partial charge < -0.3 is 9.67 Å². The van der Waals surface area contributed by atoms with Crippen molar-refractivity contribution in [2.45, 2.75) is 24.6 Å². The van der Waals surface area contributed by atoms with E-state index in [1.165, 1.54) is 6.26 Å². The van der Waals surface area contributed by atoms with Gasteiger partial charge in [-0.25, -0.2) is 17.7 Å². The largest absolute Gasteiger partial charge is 0.390 e. The summed E-state index contributed by atoms with van der Waals surface area (Å²) < 4.78 is 26.6. The van der Waals surface area contributed by atoms with Crippen molar-refractivity contribution in [1.29, 1.82) is 0 Å². The highest BCUT2D eigenvalue weighted by Gasteiger charge is 2.26. The van der Waals surface area contributed by atoms with Gasteiger partial charge in [0.1, 0.15) is 0 Å². The van der Waals surface area contributed by atoms with E-state index in [9.17, 15) is 8.42 Å². The summed E-state index contributed by atoms with van der Waals surface area (Å²) in [5.74, 6) is 1.21. The highest BCUT2D eigenvalue weighted by atomic mass is 32.2. The molecule has 2 rings (SSSR count). The van der Waals surface area contributed by atoms with Crippen LogP contribution in [0.4, 0.5) is 0 Å². The number of hydrogen-bond acceptors (Lipinski definition) is 5. The van der Waals surface area contributed by atoms with Crippen molar-refractivity contribution < 1.29 is 13.5 Å². The van der Waals surface area contributed by atoms with E-state index in [-0.39, 0.29) is 6.61 Å². The second-order valence-electron chi connectivity index (χ2n) is 5.19. The molecular weight excluding hydrogens is 298 g/mol. The molecule has 1 aliphatic heterocycles. The van der Waals surface area contributed by atoms with E-state index in [2.05, 4.69) is 4.98 Å². The number of rotatable bonds is 5. The van der Waals surface area contributed by atoms with Crippen LogP contribution in [-0.2, 0) is 23.7 Å². The molecule has 0 aromatic carbocycles. The van der Waals surface area contributed by atoms with Gasteiger partial charge in [-0.3, -0.25) is 0 Å². The quantitative estimate of drug-likeness (QED) is 0.808. The van der Waals surface area contributed by atoms with E-state index >= 15 is 0 Å². The van der Waals surface area contributed by atoms with E-state index < -0.39 is 10.0 Å².